The number of benzene rings is 3. The highest BCUT2D eigenvalue weighted by Crippen LogP contribution is 2.33. The Hall–Kier alpha value is -3.58. The first kappa shape index (κ1) is 20.7. The summed E-state index contributed by atoms with van der Waals surface area (Å²) < 4.78 is 11.7. The van der Waals surface area contributed by atoms with Crippen LogP contribution in [0.25, 0.3) is 10.8 Å². The van der Waals surface area contributed by atoms with Gasteiger partial charge in [0.1, 0.15) is 11.5 Å². The maximum Gasteiger partial charge on any atom is 0.262 e. The monoisotopic (exact) mass is 478 g/mol. The van der Waals surface area contributed by atoms with Crippen LogP contribution in [-0.2, 0) is 11.3 Å². The Morgan fingerprint density at radius 2 is 1.74 bits per heavy atom. The highest BCUT2D eigenvalue weighted by atomic mass is 79.9. The molecule has 4 rings (SSSR count). The summed E-state index contributed by atoms with van der Waals surface area (Å²) in [7, 11) is 0. The van der Waals surface area contributed by atoms with Crippen molar-refractivity contribution in [3.8, 4) is 5.75 Å². The zero-order valence-corrected chi connectivity index (χ0v) is 18.0. The molecule has 1 heterocycles. The molecule has 2 N–H and O–H groups in total. The zero-order chi connectivity index (χ0) is 21.6. The zero-order valence-electron chi connectivity index (χ0n) is 16.4. The number of furan rings is 1. The van der Waals surface area contributed by atoms with E-state index in [-0.39, 0.29) is 25.0 Å². The summed E-state index contributed by atoms with van der Waals surface area (Å²) in [5.74, 6) is 0.527. The molecule has 156 valence electrons. The quantitative estimate of drug-likeness (QED) is 0.385. The van der Waals surface area contributed by atoms with Gasteiger partial charge in [-0.05, 0) is 57.0 Å². The topological polar surface area (TPSA) is 80.6 Å². The normalized spacial score (nSPS) is 10.6. The summed E-state index contributed by atoms with van der Waals surface area (Å²) in [5, 5.41) is 7.59. The molecule has 31 heavy (non-hydrogen) atoms. The van der Waals surface area contributed by atoms with E-state index in [2.05, 4.69) is 26.6 Å². The van der Waals surface area contributed by atoms with Gasteiger partial charge in [-0.15, -0.1) is 0 Å². The summed E-state index contributed by atoms with van der Waals surface area (Å²) in [6.45, 7) is 0.0620. The van der Waals surface area contributed by atoms with Crippen molar-refractivity contribution in [3.05, 3.63) is 94.9 Å². The first-order valence-corrected chi connectivity index (χ1v) is 10.4. The van der Waals surface area contributed by atoms with E-state index in [0.29, 0.717) is 22.8 Å². The van der Waals surface area contributed by atoms with Gasteiger partial charge < -0.3 is 19.8 Å². The summed E-state index contributed by atoms with van der Waals surface area (Å²) in [4.78, 5) is 25.0. The van der Waals surface area contributed by atoms with Crippen molar-refractivity contribution in [2.45, 2.75) is 6.54 Å². The standard InChI is InChI=1S/C24H19BrN2O4/c25-23-18-8-2-1-6-16(18)11-12-21(23)31-15-22(28)27-20-10-4-3-9-19(20)24(29)26-14-17-7-5-13-30-17/h1-13H,14-15H2,(H,26,29)(H,27,28). The molecular formula is C24H19BrN2O4. The second-order valence-electron chi connectivity index (χ2n) is 6.74. The molecule has 0 saturated carbocycles. The Balaban J connectivity index is 1.40. The van der Waals surface area contributed by atoms with E-state index < -0.39 is 0 Å². The Morgan fingerprint density at radius 3 is 2.58 bits per heavy atom. The molecule has 2 amide bonds. The number of nitrogens with one attached hydrogen (secondary N) is 2. The molecule has 0 saturated heterocycles. The number of hydrogen-bond donors (Lipinski definition) is 2. The van der Waals surface area contributed by atoms with Crippen molar-refractivity contribution in [1.82, 2.24) is 5.32 Å². The first-order valence-electron chi connectivity index (χ1n) is 9.61. The Labute approximate surface area is 187 Å². The number of carbonyl (C=O) groups is 2. The van der Waals surface area contributed by atoms with E-state index in [1.165, 1.54) is 0 Å². The first-order chi connectivity index (χ1) is 15.1. The van der Waals surface area contributed by atoms with Crippen LogP contribution in [0.1, 0.15) is 16.1 Å². The molecule has 0 spiro atoms. The van der Waals surface area contributed by atoms with Crippen LogP contribution in [0, 0.1) is 0 Å². The van der Waals surface area contributed by atoms with Crippen LogP contribution in [0.15, 0.2) is 87.9 Å². The minimum Gasteiger partial charge on any atom is -0.483 e. The van der Waals surface area contributed by atoms with E-state index in [4.69, 9.17) is 9.15 Å². The van der Waals surface area contributed by atoms with Crippen molar-refractivity contribution >= 4 is 44.2 Å². The van der Waals surface area contributed by atoms with E-state index in [0.717, 1.165) is 15.2 Å². The molecule has 6 nitrogen and oxygen atoms in total. The Kier molecular flexibility index (Phi) is 6.33. The van der Waals surface area contributed by atoms with Gasteiger partial charge in [0.25, 0.3) is 11.8 Å². The summed E-state index contributed by atoms with van der Waals surface area (Å²) >= 11 is 3.55. The maximum absolute atomic E-state index is 12.5. The Morgan fingerprint density at radius 1 is 0.935 bits per heavy atom. The number of fused-ring (bicyclic) bond motifs is 1. The third-order valence-corrected chi connectivity index (χ3v) is 5.45. The number of hydrogen-bond acceptors (Lipinski definition) is 4. The third-order valence-electron chi connectivity index (χ3n) is 4.64. The fourth-order valence-electron chi connectivity index (χ4n) is 3.12. The highest BCUT2D eigenvalue weighted by Gasteiger charge is 2.14. The number of ether oxygens (including phenoxy) is 1. The lowest BCUT2D eigenvalue weighted by atomic mass is 10.1. The van der Waals surface area contributed by atoms with Crippen molar-refractivity contribution < 1.29 is 18.7 Å². The lowest BCUT2D eigenvalue weighted by molar-refractivity contribution is -0.118. The largest absolute Gasteiger partial charge is 0.483 e. The van der Waals surface area contributed by atoms with Crippen LogP contribution in [0.3, 0.4) is 0 Å². The number of anilines is 1. The van der Waals surface area contributed by atoms with Crippen LogP contribution in [0.4, 0.5) is 5.69 Å². The smallest absolute Gasteiger partial charge is 0.262 e. The van der Waals surface area contributed by atoms with Crippen LogP contribution in [0.2, 0.25) is 0 Å². The molecular weight excluding hydrogens is 460 g/mol. The van der Waals surface area contributed by atoms with Crippen molar-refractivity contribution in [2.75, 3.05) is 11.9 Å². The fraction of sp³-hybridized carbons (Fsp3) is 0.0833. The van der Waals surface area contributed by atoms with E-state index in [9.17, 15) is 9.59 Å². The van der Waals surface area contributed by atoms with Crippen molar-refractivity contribution in [3.63, 3.8) is 0 Å². The molecule has 1 aromatic heterocycles. The second-order valence-corrected chi connectivity index (χ2v) is 7.54. The van der Waals surface area contributed by atoms with Gasteiger partial charge in [0.15, 0.2) is 6.61 Å². The highest BCUT2D eigenvalue weighted by molar-refractivity contribution is 9.10. The van der Waals surface area contributed by atoms with E-state index in [1.54, 1.807) is 42.7 Å². The van der Waals surface area contributed by atoms with Gasteiger partial charge in [-0.3, -0.25) is 9.59 Å². The number of amides is 2. The van der Waals surface area contributed by atoms with Crippen LogP contribution in [0.5, 0.6) is 5.75 Å². The SMILES string of the molecule is O=C(COc1ccc2ccccc2c1Br)Nc1ccccc1C(=O)NCc1ccco1. The van der Waals surface area contributed by atoms with E-state index in [1.807, 2.05) is 36.4 Å². The van der Waals surface area contributed by atoms with Crippen molar-refractivity contribution in [2.24, 2.45) is 0 Å². The van der Waals surface area contributed by atoms with Gasteiger partial charge in [-0.2, -0.15) is 0 Å². The van der Waals surface area contributed by atoms with Gasteiger partial charge >= 0.3 is 0 Å². The number of carbonyl (C=O) groups excluding carboxylic acids is 2. The van der Waals surface area contributed by atoms with Gasteiger partial charge in [0, 0.05) is 0 Å². The molecule has 0 radical (unpaired) electrons. The molecule has 0 fully saturated rings. The molecule has 0 aliphatic rings. The third kappa shape index (κ3) is 4.95. The average Bonchev–Trinajstić information content (AvgIpc) is 3.31. The minimum atomic E-state index is -0.369. The molecule has 0 bridgehead atoms. The molecule has 0 unspecified atom stereocenters. The van der Waals surface area contributed by atoms with Gasteiger partial charge in [-0.1, -0.05) is 42.5 Å². The fourth-order valence-corrected chi connectivity index (χ4v) is 3.73. The van der Waals surface area contributed by atoms with Crippen LogP contribution < -0.4 is 15.4 Å². The molecule has 0 aliphatic heterocycles. The summed E-state index contributed by atoms with van der Waals surface area (Å²) in [6, 6.07) is 22.0. The number of rotatable bonds is 7. The van der Waals surface area contributed by atoms with Crippen molar-refractivity contribution in [1.29, 1.82) is 0 Å². The maximum atomic E-state index is 12.5. The lowest BCUT2D eigenvalue weighted by Gasteiger charge is -2.13. The lowest BCUT2D eigenvalue weighted by Crippen LogP contribution is -2.26. The van der Waals surface area contributed by atoms with Crippen LogP contribution >= 0.6 is 15.9 Å². The predicted octanol–water partition coefficient (Wildman–Crippen LogP) is 5.14. The van der Waals surface area contributed by atoms with Gasteiger partial charge in [0.05, 0.1) is 28.5 Å². The van der Waals surface area contributed by atoms with Gasteiger partial charge in [0.2, 0.25) is 0 Å². The molecule has 0 atom stereocenters. The minimum absolute atomic E-state index is 0.195. The van der Waals surface area contributed by atoms with Gasteiger partial charge in [-0.25, -0.2) is 0 Å². The number of halogens is 1. The van der Waals surface area contributed by atoms with E-state index >= 15 is 0 Å². The summed E-state index contributed by atoms with van der Waals surface area (Å²) in [5.41, 5.74) is 0.764. The summed E-state index contributed by atoms with van der Waals surface area (Å²) in [6.07, 6.45) is 1.55. The Bertz CT molecular complexity index is 1220. The number of para-hydroxylation sites is 1. The van der Waals surface area contributed by atoms with Crippen LogP contribution in [-0.4, -0.2) is 18.4 Å². The average molecular weight is 479 g/mol. The molecule has 7 heteroatoms. The molecule has 3 aromatic carbocycles. The molecule has 0 aliphatic carbocycles. The predicted molar refractivity (Wildman–Crippen MR) is 122 cm³/mol. The second kappa shape index (κ2) is 9.49. The molecule has 4 aromatic rings.